The first-order valence-corrected chi connectivity index (χ1v) is 6.37. The molecule has 5 nitrogen and oxygen atoms in total. The average Bonchev–Trinajstić information content (AvgIpc) is 2.94. The van der Waals surface area contributed by atoms with Gasteiger partial charge >= 0.3 is 0 Å². The van der Waals surface area contributed by atoms with Gasteiger partial charge in [0.2, 0.25) is 0 Å². The number of hydrogen-bond acceptors (Lipinski definition) is 5. The molecule has 22 heavy (non-hydrogen) atoms. The molecule has 1 aromatic heterocycles. The molecule has 120 valence electrons. The molecule has 2 heterocycles. The molecule has 3 rings (SSSR count). The van der Waals surface area contributed by atoms with Gasteiger partial charge in [0.05, 0.1) is 17.5 Å². The molecule has 7 heteroatoms. The van der Waals surface area contributed by atoms with Crippen molar-refractivity contribution in [3.05, 3.63) is 59.5 Å². The largest absolute Gasteiger partial charge is 0.467 e. The van der Waals surface area contributed by atoms with Crippen molar-refractivity contribution in [3.8, 4) is 5.75 Å². The normalized spacial score (nSPS) is 15.4. The molecule has 1 atom stereocenters. The van der Waals surface area contributed by atoms with Crippen molar-refractivity contribution in [2.75, 3.05) is 5.32 Å². The number of anilines is 1. The van der Waals surface area contributed by atoms with Crippen LogP contribution in [0.5, 0.6) is 5.75 Å². The molecule has 5 N–H and O–H groups in total. The van der Waals surface area contributed by atoms with Crippen LogP contribution in [0.1, 0.15) is 25.2 Å². The van der Waals surface area contributed by atoms with Gasteiger partial charge in [0.1, 0.15) is 17.3 Å². The Morgan fingerprint density at radius 2 is 1.91 bits per heavy atom. The summed E-state index contributed by atoms with van der Waals surface area (Å²) < 4.78 is 11.1. The van der Waals surface area contributed by atoms with Crippen molar-refractivity contribution in [1.29, 1.82) is 0 Å². The minimum Gasteiger partial charge on any atom is -0.467 e. The number of nitrogens with two attached hydrogens (primary N) is 2. The molecule has 2 aromatic rings. The monoisotopic (exact) mass is 343 g/mol. The number of halogens is 2. The Morgan fingerprint density at radius 3 is 2.55 bits per heavy atom. The van der Waals surface area contributed by atoms with Gasteiger partial charge in [-0.05, 0) is 43.7 Å². The van der Waals surface area contributed by atoms with Crippen molar-refractivity contribution < 1.29 is 9.15 Å². The van der Waals surface area contributed by atoms with Crippen LogP contribution in [0.15, 0.2) is 52.6 Å². The molecule has 0 bridgehead atoms. The number of benzene rings is 1. The third-order valence-corrected chi connectivity index (χ3v) is 3.52. The molecule has 1 unspecified atom stereocenters. The van der Waals surface area contributed by atoms with Crippen molar-refractivity contribution in [1.82, 2.24) is 0 Å². The fourth-order valence-corrected chi connectivity index (χ4v) is 2.21. The Kier molecular flexibility index (Phi) is 5.40. The topological polar surface area (TPSA) is 86.4 Å². The van der Waals surface area contributed by atoms with Crippen molar-refractivity contribution in [3.63, 3.8) is 0 Å². The first-order chi connectivity index (χ1) is 9.48. The van der Waals surface area contributed by atoms with E-state index >= 15 is 0 Å². The number of fused-ring (bicyclic) bond motifs is 1. The average molecular weight is 344 g/mol. The molecule has 0 amide bonds. The molecule has 0 saturated heterocycles. The van der Waals surface area contributed by atoms with Gasteiger partial charge in [0, 0.05) is 0 Å². The summed E-state index contributed by atoms with van der Waals surface area (Å²) in [5.74, 6) is 2.60. The molecular formula is C15H19Cl2N3O2. The Hall–Kier alpha value is -1.82. The maximum absolute atomic E-state index is 6.39. The second-order valence-electron chi connectivity index (χ2n) is 5.09. The number of ether oxygens (including phenoxy) is 1. The number of rotatable bonds is 2. The quantitative estimate of drug-likeness (QED) is 0.778. The lowest BCUT2D eigenvalue weighted by molar-refractivity contribution is 0.408. The lowest BCUT2D eigenvalue weighted by atomic mass is 9.90. The van der Waals surface area contributed by atoms with Gasteiger partial charge in [-0.25, -0.2) is 0 Å². The predicted molar refractivity (Wildman–Crippen MR) is 91.4 cm³/mol. The molecule has 0 saturated carbocycles. The van der Waals surface area contributed by atoms with E-state index < -0.39 is 5.54 Å². The molecule has 0 fully saturated rings. The number of furan rings is 1. The predicted octanol–water partition coefficient (Wildman–Crippen LogP) is 3.30. The maximum atomic E-state index is 6.39. The first kappa shape index (κ1) is 18.2. The van der Waals surface area contributed by atoms with Crippen LogP contribution in [0.4, 0.5) is 5.69 Å². The van der Waals surface area contributed by atoms with E-state index in [0.29, 0.717) is 17.3 Å². The van der Waals surface area contributed by atoms with Crippen LogP contribution in [-0.4, -0.2) is 0 Å². The Morgan fingerprint density at radius 1 is 1.18 bits per heavy atom. The van der Waals surface area contributed by atoms with Gasteiger partial charge in [0.15, 0.2) is 5.75 Å². The number of hydrogen-bond donors (Lipinski definition) is 3. The van der Waals surface area contributed by atoms with Crippen LogP contribution >= 0.6 is 24.8 Å². The van der Waals surface area contributed by atoms with E-state index in [1.165, 1.54) is 0 Å². The summed E-state index contributed by atoms with van der Waals surface area (Å²) in [6.07, 6.45) is 1.62. The zero-order chi connectivity index (χ0) is 14.3. The van der Waals surface area contributed by atoms with Gasteiger partial charge in [-0.15, -0.1) is 24.8 Å². The summed E-state index contributed by atoms with van der Waals surface area (Å²) in [4.78, 5) is 0. The molecule has 1 aliphatic heterocycles. The van der Waals surface area contributed by atoms with Crippen LogP contribution in [0.25, 0.3) is 0 Å². The fourth-order valence-electron chi connectivity index (χ4n) is 2.21. The van der Waals surface area contributed by atoms with Crippen molar-refractivity contribution in [2.24, 2.45) is 11.5 Å². The minimum atomic E-state index is -0.717. The molecule has 1 aromatic carbocycles. The van der Waals surface area contributed by atoms with E-state index in [0.717, 1.165) is 17.0 Å². The second-order valence-corrected chi connectivity index (χ2v) is 5.09. The maximum Gasteiger partial charge on any atom is 0.150 e. The highest BCUT2D eigenvalue weighted by Gasteiger charge is 2.28. The van der Waals surface area contributed by atoms with E-state index in [9.17, 15) is 0 Å². The third kappa shape index (κ3) is 3.02. The minimum absolute atomic E-state index is 0. The first-order valence-electron chi connectivity index (χ1n) is 6.37. The van der Waals surface area contributed by atoms with Gasteiger partial charge < -0.3 is 25.9 Å². The van der Waals surface area contributed by atoms with Crippen molar-refractivity contribution in [2.45, 2.75) is 19.4 Å². The Labute approximate surface area is 141 Å². The molecule has 0 spiro atoms. The van der Waals surface area contributed by atoms with E-state index in [2.05, 4.69) is 5.32 Å². The zero-order valence-corrected chi connectivity index (χ0v) is 13.9. The number of nitrogens with one attached hydrogen (secondary N) is 1. The highest BCUT2D eigenvalue weighted by atomic mass is 35.5. The fraction of sp³-hybridized carbons (Fsp3) is 0.200. The van der Waals surface area contributed by atoms with Crippen molar-refractivity contribution >= 4 is 30.5 Å². The van der Waals surface area contributed by atoms with E-state index in [1.54, 1.807) is 6.26 Å². The molecular weight excluding hydrogens is 325 g/mol. The van der Waals surface area contributed by atoms with Gasteiger partial charge in [-0.2, -0.15) is 0 Å². The zero-order valence-electron chi connectivity index (χ0n) is 12.3. The van der Waals surface area contributed by atoms with Gasteiger partial charge in [0.25, 0.3) is 0 Å². The third-order valence-electron chi connectivity index (χ3n) is 3.52. The number of allylic oxidation sites excluding steroid dienone is 1. The van der Waals surface area contributed by atoms with Crippen LogP contribution in [0.3, 0.4) is 0 Å². The van der Waals surface area contributed by atoms with E-state index in [-0.39, 0.29) is 24.8 Å². The summed E-state index contributed by atoms with van der Waals surface area (Å²) in [5, 5.41) is 3.11. The van der Waals surface area contributed by atoms with Crippen LogP contribution in [-0.2, 0) is 5.54 Å². The summed E-state index contributed by atoms with van der Waals surface area (Å²) in [5.41, 5.74) is 13.2. The van der Waals surface area contributed by atoms with Crippen LogP contribution in [0, 0.1) is 0 Å². The summed E-state index contributed by atoms with van der Waals surface area (Å²) in [6.45, 7) is 3.72. The Bertz CT molecular complexity index is 682. The second kappa shape index (κ2) is 6.52. The van der Waals surface area contributed by atoms with Gasteiger partial charge in [-0.3, -0.25) is 0 Å². The highest BCUT2D eigenvalue weighted by Crippen LogP contribution is 2.36. The summed E-state index contributed by atoms with van der Waals surface area (Å²) in [7, 11) is 0. The van der Waals surface area contributed by atoms with E-state index in [4.69, 9.17) is 20.6 Å². The smallest absolute Gasteiger partial charge is 0.150 e. The van der Waals surface area contributed by atoms with Crippen LogP contribution < -0.4 is 21.5 Å². The van der Waals surface area contributed by atoms with Gasteiger partial charge in [-0.1, -0.05) is 6.07 Å². The molecule has 0 radical (unpaired) electrons. The summed E-state index contributed by atoms with van der Waals surface area (Å²) in [6, 6.07) is 9.42. The van der Waals surface area contributed by atoms with Crippen LogP contribution in [0.2, 0.25) is 0 Å². The Balaban J connectivity index is 0.00000121. The lowest BCUT2D eigenvalue weighted by Gasteiger charge is -2.26. The van der Waals surface area contributed by atoms with E-state index in [1.807, 2.05) is 44.2 Å². The SMILES string of the molecule is CC1=C(N)Nc2cc(C(C)(N)c3ccco3)ccc2O1.Cl.Cl. The summed E-state index contributed by atoms with van der Waals surface area (Å²) >= 11 is 0. The molecule has 1 aliphatic rings. The highest BCUT2D eigenvalue weighted by molar-refractivity contribution is 5.85. The standard InChI is InChI=1S/C15H17N3O2.2ClH/c1-9-14(16)18-11-8-10(5-6-12(11)20-9)15(2,17)13-4-3-7-19-13;;/h3-8,18H,16-17H2,1-2H3;2*1H. The molecule has 0 aliphatic carbocycles. The lowest BCUT2D eigenvalue weighted by Crippen LogP contribution is -2.34.